The zero-order valence-electron chi connectivity index (χ0n) is 13.6. The molecule has 0 bridgehead atoms. The Hall–Kier alpha value is -2.26. The SMILES string of the molecule is CCCOCc1ccc(C=NN=C2NC(=O)C(CC(=O)O)S2)cc1F. The van der Waals surface area contributed by atoms with Crippen LogP contribution in [0, 0.1) is 5.82 Å². The molecule has 134 valence electrons. The molecule has 1 aromatic carbocycles. The zero-order chi connectivity index (χ0) is 18.2. The molecule has 7 nitrogen and oxygen atoms in total. The van der Waals surface area contributed by atoms with Gasteiger partial charge in [0.1, 0.15) is 11.1 Å². The number of hydrogen-bond acceptors (Lipinski definition) is 6. The first-order chi connectivity index (χ1) is 12.0. The van der Waals surface area contributed by atoms with E-state index < -0.39 is 22.9 Å². The van der Waals surface area contributed by atoms with E-state index in [0.29, 0.717) is 17.7 Å². The number of rotatable bonds is 8. The maximum absolute atomic E-state index is 13.9. The van der Waals surface area contributed by atoms with Gasteiger partial charge in [0.2, 0.25) is 5.91 Å². The molecule has 0 aliphatic carbocycles. The van der Waals surface area contributed by atoms with Crippen LogP contribution in [0.15, 0.2) is 28.4 Å². The highest BCUT2D eigenvalue weighted by Crippen LogP contribution is 2.22. The van der Waals surface area contributed by atoms with Gasteiger partial charge in [0.05, 0.1) is 19.2 Å². The first kappa shape index (κ1) is 19.1. The smallest absolute Gasteiger partial charge is 0.305 e. The Morgan fingerprint density at radius 3 is 3.00 bits per heavy atom. The van der Waals surface area contributed by atoms with E-state index in [2.05, 4.69) is 15.5 Å². The van der Waals surface area contributed by atoms with Crippen molar-refractivity contribution in [2.45, 2.75) is 31.6 Å². The summed E-state index contributed by atoms with van der Waals surface area (Å²) < 4.78 is 19.2. The molecule has 1 unspecified atom stereocenters. The van der Waals surface area contributed by atoms with Gasteiger partial charge in [-0.1, -0.05) is 30.8 Å². The van der Waals surface area contributed by atoms with E-state index >= 15 is 0 Å². The molecule has 2 rings (SSSR count). The number of hydrogen-bond donors (Lipinski definition) is 2. The molecule has 1 atom stereocenters. The number of amidine groups is 1. The summed E-state index contributed by atoms with van der Waals surface area (Å²) in [6, 6.07) is 4.63. The van der Waals surface area contributed by atoms with Crippen LogP contribution < -0.4 is 5.32 Å². The summed E-state index contributed by atoms with van der Waals surface area (Å²) in [5.74, 6) is -1.86. The normalized spacial score (nSPS) is 18.9. The number of carboxylic acids is 1. The van der Waals surface area contributed by atoms with Gasteiger partial charge in [0.25, 0.3) is 0 Å². The molecule has 0 saturated carbocycles. The molecule has 1 heterocycles. The van der Waals surface area contributed by atoms with Gasteiger partial charge >= 0.3 is 5.97 Å². The van der Waals surface area contributed by atoms with Gasteiger partial charge < -0.3 is 15.2 Å². The van der Waals surface area contributed by atoms with Crippen LogP contribution in [-0.2, 0) is 20.9 Å². The highest BCUT2D eigenvalue weighted by atomic mass is 32.2. The van der Waals surface area contributed by atoms with Crippen molar-refractivity contribution in [3.8, 4) is 0 Å². The molecule has 1 fully saturated rings. The summed E-state index contributed by atoms with van der Waals surface area (Å²) in [5.41, 5.74) is 0.976. The molecule has 1 amide bonds. The van der Waals surface area contributed by atoms with Crippen molar-refractivity contribution in [2.24, 2.45) is 10.2 Å². The van der Waals surface area contributed by atoms with Gasteiger partial charge in [-0.2, -0.15) is 5.10 Å². The van der Waals surface area contributed by atoms with E-state index in [-0.39, 0.29) is 18.2 Å². The Morgan fingerprint density at radius 1 is 1.52 bits per heavy atom. The molecular weight excluding hydrogens is 349 g/mol. The number of nitrogens with zero attached hydrogens (tertiary/aromatic N) is 2. The standard InChI is InChI=1S/C16H18FN3O4S/c1-2-5-24-9-11-4-3-10(6-12(11)17)8-18-20-16-19-15(23)13(25-16)7-14(21)22/h3-4,6,8,13H,2,5,7,9H2,1H3,(H,21,22)(H,19,20,23). The third kappa shape index (κ3) is 5.95. The van der Waals surface area contributed by atoms with Crippen LogP contribution in [0.4, 0.5) is 4.39 Å². The highest BCUT2D eigenvalue weighted by molar-refractivity contribution is 8.15. The molecule has 2 N–H and O–H groups in total. The maximum Gasteiger partial charge on any atom is 0.305 e. The van der Waals surface area contributed by atoms with E-state index in [9.17, 15) is 14.0 Å². The number of benzene rings is 1. The topological polar surface area (TPSA) is 100 Å². The minimum atomic E-state index is -1.06. The molecule has 0 aromatic heterocycles. The second kappa shape index (κ2) is 9.28. The number of halogens is 1. The Kier molecular flexibility index (Phi) is 7.08. The second-order valence-electron chi connectivity index (χ2n) is 5.25. The minimum absolute atomic E-state index is 0.215. The number of ether oxygens (including phenoxy) is 1. The van der Waals surface area contributed by atoms with Crippen molar-refractivity contribution in [3.05, 3.63) is 35.1 Å². The van der Waals surface area contributed by atoms with Crippen molar-refractivity contribution in [2.75, 3.05) is 6.61 Å². The molecule has 1 aromatic rings. The van der Waals surface area contributed by atoms with Crippen LogP contribution in [0.25, 0.3) is 0 Å². The Bertz CT molecular complexity index is 709. The molecule has 1 aliphatic rings. The minimum Gasteiger partial charge on any atom is -0.481 e. The predicted molar refractivity (Wildman–Crippen MR) is 93.2 cm³/mol. The van der Waals surface area contributed by atoms with Gasteiger partial charge in [-0.05, 0) is 18.1 Å². The van der Waals surface area contributed by atoms with Gasteiger partial charge in [-0.3, -0.25) is 9.59 Å². The maximum atomic E-state index is 13.9. The molecule has 25 heavy (non-hydrogen) atoms. The molecule has 1 aliphatic heterocycles. The van der Waals surface area contributed by atoms with Gasteiger partial charge in [0, 0.05) is 12.2 Å². The summed E-state index contributed by atoms with van der Waals surface area (Å²) >= 11 is 1.00. The highest BCUT2D eigenvalue weighted by Gasteiger charge is 2.32. The number of amides is 1. The van der Waals surface area contributed by atoms with E-state index in [1.54, 1.807) is 12.1 Å². The van der Waals surface area contributed by atoms with Crippen LogP contribution in [0.3, 0.4) is 0 Å². The number of nitrogens with one attached hydrogen (secondary N) is 1. The Labute approximate surface area is 148 Å². The Morgan fingerprint density at radius 2 is 2.32 bits per heavy atom. The van der Waals surface area contributed by atoms with Crippen LogP contribution >= 0.6 is 11.8 Å². The third-order valence-electron chi connectivity index (χ3n) is 3.17. The molecule has 0 spiro atoms. The van der Waals surface area contributed by atoms with Crippen LogP contribution in [0.1, 0.15) is 30.9 Å². The number of carboxylic acid groups (broad SMARTS) is 1. The van der Waals surface area contributed by atoms with Crippen molar-refractivity contribution >= 4 is 35.0 Å². The second-order valence-corrected chi connectivity index (χ2v) is 6.44. The zero-order valence-corrected chi connectivity index (χ0v) is 14.4. The van der Waals surface area contributed by atoms with E-state index in [1.807, 2.05) is 6.92 Å². The summed E-state index contributed by atoms with van der Waals surface area (Å²) in [6.45, 7) is 2.77. The van der Waals surface area contributed by atoms with Crippen molar-refractivity contribution < 1.29 is 23.8 Å². The molecular formula is C16H18FN3O4S. The number of carbonyl (C=O) groups is 2. The molecule has 0 radical (unpaired) electrons. The van der Waals surface area contributed by atoms with Gasteiger partial charge in [-0.25, -0.2) is 4.39 Å². The fourth-order valence-electron chi connectivity index (χ4n) is 1.98. The first-order valence-corrected chi connectivity index (χ1v) is 8.54. The fourth-order valence-corrected chi connectivity index (χ4v) is 2.90. The third-order valence-corrected chi connectivity index (χ3v) is 4.25. The largest absolute Gasteiger partial charge is 0.481 e. The van der Waals surface area contributed by atoms with E-state index in [1.165, 1.54) is 12.3 Å². The van der Waals surface area contributed by atoms with E-state index in [4.69, 9.17) is 9.84 Å². The number of aliphatic carboxylic acids is 1. The lowest BCUT2D eigenvalue weighted by Crippen LogP contribution is -2.26. The Balaban J connectivity index is 1.94. The van der Waals surface area contributed by atoms with Crippen molar-refractivity contribution in [1.82, 2.24) is 5.32 Å². The van der Waals surface area contributed by atoms with E-state index in [0.717, 1.165) is 18.2 Å². The lowest BCUT2D eigenvalue weighted by atomic mass is 10.1. The lowest BCUT2D eigenvalue weighted by Gasteiger charge is -2.04. The molecule has 9 heteroatoms. The predicted octanol–water partition coefficient (Wildman–Crippen LogP) is 2.15. The average molecular weight is 367 g/mol. The van der Waals surface area contributed by atoms with Crippen LogP contribution in [0.5, 0.6) is 0 Å². The van der Waals surface area contributed by atoms with Gasteiger partial charge in [-0.15, -0.1) is 5.10 Å². The van der Waals surface area contributed by atoms with Crippen LogP contribution in [-0.4, -0.2) is 40.2 Å². The first-order valence-electron chi connectivity index (χ1n) is 7.66. The van der Waals surface area contributed by atoms with Crippen molar-refractivity contribution in [1.29, 1.82) is 0 Å². The summed E-state index contributed by atoms with van der Waals surface area (Å²) in [5, 5.41) is 18.3. The monoisotopic (exact) mass is 367 g/mol. The summed E-state index contributed by atoms with van der Waals surface area (Å²) in [6.07, 6.45) is 1.94. The molecule has 1 saturated heterocycles. The average Bonchev–Trinajstić information content (AvgIpc) is 2.89. The van der Waals surface area contributed by atoms with Gasteiger partial charge in [0.15, 0.2) is 5.17 Å². The number of thioether (sulfide) groups is 1. The van der Waals surface area contributed by atoms with Crippen LogP contribution in [0.2, 0.25) is 0 Å². The summed E-state index contributed by atoms with van der Waals surface area (Å²) in [4.78, 5) is 22.2. The summed E-state index contributed by atoms with van der Waals surface area (Å²) in [7, 11) is 0. The quantitative estimate of drug-likeness (QED) is 0.417. The number of carbonyl (C=O) groups excluding carboxylic acids is 1. The lowest BCUT2D eigenvalue weighted by molar-refractivity contribution is -0.138. The fraction of sp³-hybridized carbons (Fsp3) is 0.375. The van der Waals surface area contributed by atoms with Crippen molar-refractivity contribution in [3.63, 3.8) is 0 Å².